The van der Waals surface area contributed by atoms with E-state index < -0.39 is 18.1 Å². The Bertz CT molecular complexity index is 1290. The smallest absolute Gasteiger partial charge is 0.246 e. The SMILES string of the molecule is C#CCCC(=O)NC[C@H]1CC[C@H]2CC[C@@H](C(=O)NC(c3ccccc3)c3ccccc3)N2C(=O)[C@H]1NC(=O)[C@H](CC)N(C)C. The van der Waals surface area contributed by atoms with Crippen LogP contribution in [0.25, 0.3) is 0 Å². The van der Waals surface area contributed by atoms with E-state index in [0.29, 0.717) is 38.5 Å². The van der Waals surface area contributed by atoms with Gasteiger partial charge in [0.1, 0.15) is 12.1 Å². The lowest BCUT2D eigenvalue weighted by Gasteiger charge is -2.34. The molecule has 0 unspecified atom stereocenters. The number of carbonyl (C=O) groups excluding carboxylic acids is 4. The molecule has 0 aliphatic carbocycles. The first kappa shape index (κ1) is 32.7. The zero-order chi connectivity index (χ0) is 31.6. The van der Waals surface area contributed by atoms with Gasteiger partial charge in [0.05, 0.1) is 12.1 Å². The summed E-state index contributed by atoms with van der Waals surface area (Å²) in [6.07, 6.45) is 8.97. The molecule has 234 valence electrons. The molecule has 0 saturated carbocycles. The highest BCUT2D eigenvalue weighted by Crippen LogP contribution is 2.35. The van der Waals surface area contributed by atoms with Crippen LogP contribution in [0.1, 0.15) is 69.0 Å². The molecule has 4 amide bonds. The Kier molecular flexibility index (Phi) is 11.6. The summed E-state index contributed by atoms with van der Waals surface area (Å²) in [4.78, 5) is 57.8. The number of carbonyl (C=O) groups is 4. The van der Waals surface area contributed by atoms with Crippen molar-refractivity contribution in [1.29, 1.82) is 0 Å². The fraction of sp³-hybridized carbons (Fsp3) is 0.486. The van der Waals surface area contributed by atoms with Crippen LogP contribution >= 0.6 is 0 Å². The summed E-state index contributed by atoms with van der Waals surface area (Å²) in [5.74, 6) is 1.23. The topological polar surface area (TPSA) is 111 Å². The van der Waals surface area contributed by atoms with Gasteiger partial charge in [-0.05, 0) is 57.3 Å². The maximum atomic E-state index is 14.4. The molecule has 2 saturated heterocycles. The molecule has 5 atom stereocenters. The molecule has 0 radical (unpaired) electrons. The van der Waals surface area contributed by atoms with E-state index in [1.807, 2.05) is 86.6 Å². The lowest BCUT2D eigenvalue weighted by molar-refractivity contribution is -0.144. The van der Waals surface area contributed by atoms with E-state index in [4.69, 9.17) is 6.42 Å². The normalized spacial score (nSPS) is 22.1. The summed E-state index contributed by atoms with van der Waals surface area (Å²) in [7, 11) is 3.66. The van der Waals surface area contributed by atoms with Gasteiger partial charge in [-0.2, -0.15) is 0 Å². The Morgan fingerprint density at radius 2 is 1.59 bits per heavy atom. The predicted octanol–water partition coefficient (Wildman–Crippen LogP) is 3.02. The maximum Gasteiger partial charge on any atom is 0.246 e. The number of hydrogen-bond acceptors (Lipinski definition) is 5. The van der Waals surface area contributed by atoms with Gasteiger partial charge in [-0.25, -0.2) is 0 Å². The van der Waals surface area contributed by atoms with Gasteiger partial charge >= 0.3 is 0 Å². The number of terminal acetylenes is 1. The predicted molar refractivity (Wildman–Crippen MR) is 170 cm³/mol. The highest BCUT2D eigenvalue weighted by atomic mass is 16.2. The van der Waals surface area contributed by atoms with Crippen LogP contribution in [0.3, 0.4) is 0 Å². The van der Waals surface area contributed by atoms with Crippen LogP contribution in [-0.4, -0.2) is 78.2 Å². The molecule has 2 heterocycles. The molecule has 44 heavy (non-hydrogen) atoms. The summed E-state index contributed by atoms with van der Waals surface area (Å²) in [5, 5.41) is 9.19. The lowest BCUT2D eigenvalue weighted by atomic mass is 9.92. The van der Waals surface area contributed by atoms with Crippen molar-refractivity contribution in [3.8, 4) is 12.3 Å². The van der Waals surface area contributed by atoms with Crippen molar-refractivity contribution in [3.05, 3.63) is 71.8 Å². The van der Waals surface area contributed by atoms with Crippen LogP contribution in [0.5, 0.6) is 0 Å². The second kappa shape index (κ2) is 15.5. The highest BCUT2D eigenvalue weighted by Gasteiger charge is 2.48. The standard InChI is InChI=1S/C35H45N5O4/c1-5-7-18-30(41)36-23-26-19-20-27-21-22-29(40(27)35(44)32(26)38-33(42)28(6-2)39(3)4)34(43)37-31(24-14-10-8-11-15-24)25-16-12-9-13-17-25/h1,8-17,26-29,31-32H,6-7,18-23H2,2-4H3,(H,36,41)(H,37,43)(H,38,42)/t26-,27+,28+,29+,32+/m1/s1. The summed E-state index contributed by atoms with van der Waals surface area (Å²) < 4.78 is 0. The van der Waals surface area contributed by atoms with Crippen molar-refractivity contribution in [2.75, 3.05) is 20.6 Å². The summed E-state index contributed by atoms with van der Waals surface area (Å²) in [5.41, 5.74) is 1.90. The van der Waals surface area contributed by atoms with Gasteiger partial charge in [-0.1, -0.05) is 67.6 Å². The van der Waals surface area contributed by atoms with Crippen molar-refractivity contribution in [1.82, 2.24) is 25.8 Å². The van der Waals surface area contributed by atoms with Gasteiger partial charge in [-0.15, -0.1) is 12.3 Å². The quantitative estimate of drug-likeness (QED) is 0.325. The molecule has 0 aromatic heterocycles. The second-order valence-electron chi connectivity index (χ2n) is 12.0. The molecule has 4 rings (SSSR count). The average Bonchev–Trinajstić information content (AvgIpc) is 3.41. The van der Waals surface area contributed by atoms with E-state index >= 15 is 0 Å². The Morgan fingerprint density at radius 3 is 2.16 bits per heavy atom. The Balaban J connectivity index is 1.59. The molecule has 0 bridgehead atoms. The molecule has 2 aliphatic heterocycles. The zero-order valence-corrected chi connectivity index (χ0v) is 26.0. The van der Waals surface area contributed by atoms with Crippen molar-refractivity contribution < 1.29 is 19.2 Å². The Hall–Kier alpha value is -4.16. The van der Waals surface area contributed by atoms with E-state index in [-0.39, 0.29) is 54.6 Å². The van der Waals surface area contributed by atoms with E-state index in [0.717, 1.165) is 11.1 Å². The molecular formula is C35H45N5O4. The lowest BCUT2D eigenvalue weighted by Crippen LogP contribution is -2.59. The van der Waals surface area contributed by atoms with Crippen LogP contribution in [0, 0.1) is 18.3 Å². The van der Waals surface area contributed by atoms with E-state index in [2.05, 4.69) is 21.9 Å². The van der Waals surface area contributed by atoms with E-state index in [1.54, 1.807) is 4.90 Å². The second-order valence-corrected chi connectivity index (χ2v) is 12.0. The van der Waals surface area contributed by atoms with Crippen LogP contribution in [-0.2, 0) is 19.2 Å². The van der Waals surface area contributed by atoms with Gasteiger partial charge < -0.3 is 20.9 Å². The van der Waals surface area contributed by atoms with Crippen LogP contribution in [0.15, 0.2) is 60.7 Å². The molecule has 9 nitrogen and oxygen atoms in total. The Morgan fingerprint density at radius 1 is 0.977 bits per heavy atom. The van der Waals surface area contributed by atoms with Crippen molar-refractivity contribution in [3.63, 3.8) is 0 Å². The number of nitrogens with one attached hydrogen (secondary N) is 3. The minimum Gasteiger partial charge on any atom is -0.356 e. The van der Waals surface area contributed by atoms with Gasteiger partial charge in [0.15, 0.2) is 0 Å². The summed E-state index contributed by atoms with van der Waals surface area (Å²) in [6, 6.07) is 17.1. The van der Waals surface area contributed by atoms with Crippen LogP contribution in [0.2, 0.25) is 0 Å². The third-order valence-corrected chi connectivity index (χ3v) is 8.89. The van der Waals surface area contributed by atoms with Gasteiger partial charge in [0.2, 0.25) is 23.6 Å². The van der Waals surface area contributed by atoms with E-state index in [9.17, 15) is 19.2 Å². The monoisotopic (exact) mass is 599 g/mol. The number of likely N-dealkylation sites (N-methyl/N-ethyl adjacent to an activating group) is 1. The number of amides is 4. The number of rotatable bonds is 12. The minimum atomic E-state index is -0.873. The molecular weight excluding hydrogens is 554 g/mol. The van der Waals surface area contributed by atoms with Crippen LogP contribution < -0.4 is 16.0 Å². The number of hydrogen-bond donors (Lipinski definition) is 3. The minimum absolute atomic E-state index is 0.123. The van der Waals surface area contributed by atoms with Crippen molar-refractivity contribution in [2.45, 2.75) is 82.1 Å². The maximum absolute atomic E-state index is 14.4. The summed E-state index contributed by atoms with van der Waals surface area (Å²) in [6.45, 7) is 2.16. The first-order chi connectivity index (χ1) is 21.2. The largest absolute Gasteiger partial charge is 0.356 e. The average molecular weight is 600 g/mol. The van der Waals surface area contributed by atoms with Crippen molar-refractivity contribution in [2.24, 2.45) is 5.92 Å². The zero-order valence-electron chi connectivity index (χ0n) is 26.0. The molecule has 2 aromatic rings. The number of nitrogens with zero attached hydrogens (tertiary/aromatic N) is 2. The fourth-order valence-corrected chi connectivity index (χ4v) is 6.53. The third kappa shape index (κ3) is 7.86. The molecule has 2 aliphatic rings. The Labute approximate surface area is 261 Å². The molecule has 3 N–H and O–H groups in total. The number of benzene rings is 2. The van der Waals surface area contributed by atoms with E-state index in [1.165, 1.54) is 0 Å². The van der Waals surface area contributed by atoms with Gasteiger partial charge in [-0.3, -0.25) is 24.1 Å². The molecule has 2 aromatic carbocycles. The van der Waals surface area contributed by atoms with Gasteiger partial charge in [0.25, 0.3) is 0 Å². The molecule has 9 heteroatoms. The van der Waals surface area contributed by atoms with Gasteiger partial charge in [0, 0.05) is 31.3 Å². The summed E-state index contributed by atoms with van der Waals surface area (Å²) >= 11 is 0. The first-order valence-corrected chi connectivity index (χ1v) is 15.6. The first-order valence-electron chi connectivity index (χ1n) is 15.6. The highest BCUT2D eigenvalue weighted by molar-refractivity contribution is 5.94. The number of fused-ring (bicyclic) bond motifs is 1. The third-order valence-electron chi connectivity index (χ3n) is 8.89. The molecule has 2 fully saturated rings. The van der Waals surface area contributed by atoms with Crippen LogP contribution in [0.4, 0.5) is 0 Å². The fourth-order valence-electron chi connectivity index (χ4n) is 6.53. The van der Waals surface area contributed by atoms with Crippen molar-refractivity contribution >= 4 is 23.6 Å². The molecule has 0 spiro atoms.